The molecular weight excluding hydrogens is 293 g/mol. The number of carbonyl (C=O) groups is 1. The van der Waals surface area contributed by atoms with Crippen LogP contribution in [0.4, 0.5) is 10.1 Å². The van der Waals surface area contributed by atoms with E-state index in [1.54, 1.807) is 13.0 Å². The van der Waals surface area contributed by atoms with E-state index in [1.165, 1.54) is 12.1 Å². The number of ether oxygens (including phenoxy) is 1. The van der Waals surface area contributed by atoms with Gasteiger partial charge in [0.05, 0.1) is 12.3 Å². The highest BCUT2D eigenvalue weighted by Gasteiger charge is 2.20. The van der Waals surface area contributed by atoms with Crippen LogP contribution in [0.25, 0.3) is 10.9 Å². The molecule has 0 saturated heterocycles. The highest BCUT2D eigenvalue weighted by Crippen LogP contribution is 2.29. The Bertz CT molecular complexity index is 684. The van der Waals surface area contributed by atoms with Crippen molar-refractivity contribution in [3.05, 3.63) is 29.7 Å². The fourth-order valence-electron chi connectivity index (χ4n) is 1.97. The van der Waals surface area contributed by atoms with Gasteiger partial charge in [0.1, 0.15) is 11.5 Å². The third-order valence-electron chi connectivity index (χ3n) is 2.82. The van der Waals surface area contributed by atoms with Gasteiger partial charge < -0.3 is 20.4 Å². The van der Waals surface area contributed by atoms with E-state index >= 15 is 0 Å². The Balaban J connectivity index is 2.50. The van der Waals surface area contributed by atoms with Gasteiger partial charge >= 0.3 is 5.97 Å². The molecule has 1 heterocycles. The van der Waals surface area contributed by atoms with E-state index in [1.807, 2.05) is 6.92 Å². The van der Waals surface area contributed by atoms with E-state index in [4.69, 9.17) is 17.0 Å². The number of benzene rings is 1. The summed E-state index contributed by atoms with van der Waals surface area (Å²) in [5, 5.41) is 6.74. The summed E-state index contributed by atoms with van der Waals surface area (Å²) in [4.78, 5) is 14.9. The van der Waals surface area contributed by atoms with Crippen LogP contribution in [-0.2, 0) is 4.74 Å². The average Bonchev–Trinajstić information content (AvgIpc) is 2.78. The third kappa shape index (κ3) is 3.30. The Kier molecular flexibility index (Phi) is 4.74. The van der Waals surface area contributed by atoms with Crippen LogP contribution in [0.1, 0.15) is 24.3 Å². The molecule has 0 aliphatic carbocycles. The van der Waals surface area contributed by atoms with Crippen LogP contribution in [0.15, 0.2) is 18.2 Å². The summed E-state index contributed by atoms with van der Waals surface area (Å²) in [5.74, 6) is -0.912. The highest BCUT2D eigenvalue weighted by atomic mass is 32.1. The van der Waals surface area contributed by atoms with Gasteiger partial charge in [-0.25, -0.2) is 9.18 Å². The van der Waals surface area contributed by atoms with E-state index in [2.05, 4.69) is 15.6 Å². The number of esters is 1. The van der Waals surface area contributed by atoms with E-state index in [0.717, 1.165) is 0 Å². The second-order valence-electron chi connectivity index (χ2n) is 4.27. The number of fused-ring (bicyclic) bond motifs is 1. The van der Waals surface area contributed by atoms with Gasteiger partial charge in [-0.3, -0.25) is 0 Å². The van der Waals surface area contributed by atoms with Crippen LogP contribution in [0.5, 0.6) is 0 Å². The van der Waals surface area contributed by atoms with Crippen molar-refractivity contribution in [1.29, 1.82) is 0 Å². The number of nitrogens with one attached hydrogen (secondary N) is 3. The van der Waals surface area contributed by atoms with Gasteiger partial charge in [-0.1, -0.05) is 0 Å². The maximum absolute atomic E-state index is 13.5. The molecule has 1 aromatic carbocycles. The maximum Gasteiger partial charge on any atom is 0.356 e. The molecule has 5 nitrogen and oxygen atoms in total. The third-order valence-corrected chi connectivity index (χ3v) is 3.06. The Morgan fingerprint density at radius 1 is 1.43 bits per heavy atom. The standard InChI is InChI=1S/C14H16FN3O2S/c1-3-16-14(21)18-11-9-7-8(15)5-6-10(9)17-12(11)13(19)20-4-2/h5-7,17H,3-4H2,1-2H3,(H2,16,18,21). The number of aromatic nitrogens is 1. The molecule has 1 aromatic heterocycles. The lowest BCUT2D eigenvalue weighted by Gasteiger charge is -2.10. The van der Waals surface area contributed by atoms with Gasteiger partial charge in [-0.2, -0.15) is 0 Å². The molecule has 0 fully saturated rings. The lowest BCUT2D eigenvalue weighted by Crippen LogP contribution is -2.28. The molecular formula is C14H16FN3O2S. The summed E-state index contributed by atoms with van der Waals surface area (Å²) >= 11 is 5.13. The topological polar surface area (TPSA) is 66.2 Å². The molecule has 0 amide bonds. The number of carbonyl (C=O) groups excluding carboxylic acids is 1. The highest BCUT2D eigenvalue weighted by molar-refractivity contribution is 7.80. The molecule has 3 N–H and O–H groups in total. The van der Waals surface area contributed by atoms with Gasteiger partial charge in [0, 0.05) is 17.4 Å². The largest absolute Gasteiger partial charge is 0.461 e. The molecule has 0 spiro atoms. The number of aromatic amines is 1. The fraction of sp³-hybridized carbons (Fsp3) is 0.286. The number of halogens is 1. The Morgan fingerprint density at radius 2 is 2.19 bits per heavy atom. The van der Waals surface area contributed by atoms with Crippen LogP contribution in [0.3, 0.4) is 0 Å². The minimum atomic E-state index is -0.518. The van der Waals surface area contributed by atoms with Gasteiger partial charge in [0.2, 0.25) is 0 Å². The lowest BCUT2D eigenvalue weighted by atomic mass is 10.2. The molecule has 2 rings (SSSR count). The number of hydrogen-bond donors (Lipinski definition) is 3. The van der Waals surface area contributed by atoms with Crippen molar-refractivity contribution in [1.82, 2.24) is 10.3 Å². The summed E-state index contributed by atoms with van der Waals surface area (Å²) in [6.45, 7) is 4.50. The monoisotopic (exact) mass is 309 g/mol. The van der Waals surface area contributed by atoms with Gasteiger partial charge in [0.15, 0.2) is 5.11 Å². The number of thiocarbonyl (C=S) groups is 1. The molecule has 21 heavy (non-hydrogen) atoms. The quantitative estimate of drug-likeness (QED) is 0.599. The molecule has 0 saturated carbocycles. The summed E-state index contributed by atoms with van der Waals surface area (Å²) in [6, 6.07) is 4.22. The fourth-order valence-corrected chi connectivity index (χ4v) is 2.22. The zero-order valence-corrected chi connectivity index (χ0v) is 12.6. The van der Waals surface area contributed by atoms with Crippen molar-refractivity contribution in [2.24, 2.45) is 0 Å². The Labute approximate surface area is 126 Å². The van der Waals surface area contributed by atoms with Crippen LogP contribution < -0.4 is 10.6 Å². The molecule has 0 atom stereocenters. The summed E-state index contributed by atoms with van der Waals surface area (Å²) in [6.07, 6.45) is 0. The average molecular weight is 309 g/mol. The zero-order chi connectivity index (χ0) is 15.4. The molecule has 112 valence electrons. The minimum absolute atomic E-state index is 0.220. The summed E-state index contributed by atoms with van der Waals surface area (Å²) in [5.41, 5.74) is 1.26. The number of anilines is 1. The van der Waals surface area contributed by atoms with Crippen molar-refractivity contribution >= 4 is 39.9 Å². The minimum Gasteiger partial charge on any atom is -0.461 e. The van der Waals surface area contributed by atoms with Crippen molar-refractivity contribution < 1.29 is 13.9 Å². The smallest absolute Gasteiger partial charge is 0.356 e. The number of rotatable bonds is 4. The molecule has 0 unspecified atom stereocenters. The van der Waals surface area contributed by atoms with Crippen LogP contribution in [-0.4, -0.2) is 29.2 Å². The predicted molar refractivity (Wildman–Crippen MR) is 84.1 cm³/mol. The first-order chi connectivity index (χ1) is 10.1. The van der Waals surface area contributed by atoms with E-state index in [9.17, 15) is 9.18 Å². The van der Waals surface area contributed by atoms with Crippen LogP contribution >= 0.6 is 12.2 Å². The first-order valence-electron chi connectivity index (χ1n) is 6.60. The molecule has 2 aromatic rings. The Hall–Kier alpha value is -2.15. The van der Waals surface area contributed by atoms with Crippen LogP contribution in [0, 0.1) is 5.82 Å². The SMILES string of the molecule is CCNC(=S)Nc1c(C(=O)OCC)[nH]c2ccc(F)cc12. The number of H-pyrrole nitrogens is 1. The Morgan fingerprint density at radius 3 is 2.86 bits per heavy atom. The van der Waals surface area contributed by atoms with Gasteiger partial charge in [-0.15, -0.1) is 0 Å². The second-order valence-corrected chi connectivity index (χ2v) is 4.68. The summed E-state index contributed by atoms with van der Waals surface area (Å²) in [7, 11) is 0. The maximum atomic E-state index is 13.5. The normalized spacial score (nSPS) is 10.4. The van der Waals surface area contributed by atoms with E-state index in [-0.39, 0.29) is 12.3 Å². The van der Waals surface area contributed by atoms with Gasteiger partial charge in [-0.05, 0) is 44.3 Å². The molecule has 0 aliphatic rings. The molecule has 7 heteroatoms. The van der Waals surface area contributed by atoms with Crippen molar-refractivity contribution in [3.63, 3.8) is 0 Å². The first kappa shape index (κ1) is 15.2. The van der Waals surface area contributed by atoms with Crippen molar-refractivity contribution in [2.75, 3.05) is 18.5 Å². The predicted octanol–water partition coefficient (Wildman–Crippen LogP) is 2.79. The van der Waals surface area contributed by atoms with Crippen molar-refractivity contribution in [2.45, 2.75) is 13.8 Å². The molecule has 0 radical (unpaired) electrons. The van der Waals surface area contributed by atoms with Crippen molar-refractivity contribution in [3.8, 4) is 0 Å². The van der Waals surface area contributed by atoms with E-state index < -0.39 is 11.8 Å². The van der Waals surface area contributed by atoms with E-state index in [0.29, 0.717) is 28.2 Å². The lowest BCUT2D eigenvalue weighted by molar-refractivity contribution is 0.0522. The van der Waals surface area contributed by atoms with Gasteiger partial charge in [0.25, 0.3) is 0 Å². The second kappa shape index (κ2) is 6.53. The molecule has 0 bridgehead atoms. The zero-order valence-electron chi connectivity index (χ0n) is 11.7. The van der Waals surface area contributed by atoms with Crippen LogP contribution in [0.2, 0.25) is 0 Å². The molecule has 0 aliphatic heterocycles. The summed E-state index contributed by atoms with van der Waals surface area (Å²) < 4.78 is 18.5. The first-order valence-corrected chi connectivity index (χ1v) is 7.00. The number of hydrogen-bond acceptors (Lipinski definition) is 3.